The number of benzene rings is 1. The van der Waals surface area contributed by atoms with Crippen LogP contribution in [0.25, 0.3) is 0 Å². The van der Waals surface area contributed by atoms with Crippen molar-refractivity contribution in [2.75, 3.05) is 13.1 Å². The lowest BCUT2D eigenvalue weighted by Gasteiger charge is -2.34. The van der Waals surface area contributed by atoms with E-state index in [-0.39, 0.29) is 0 Å². The van der Waals surface area contributed by atoms with Crippen molar-refractivity contribution in [3.05, 3.63) is 29.8 Å². The molecule has 0 atom stereocenters. The topological polar surface area (TPSA) is 58.2 Å². The monoisotopic (exact) mass is 290 g/mol. The van der Waals surface area contributed by atoms with Gasteiger partial charge in [0.05, 0.1) is 0 Å². The second kappa shape index (κ2) is 5.15. The third kappa shape index (κ3) is 3.29. The molecular weight excluding hydrogens is 274 g/mol. The molecule has 106 valence electrons. The number of piperidine rings is 1. The molecule has 1 fully saturated rings. The van der Waals surface area contributed by atoms with Gasteiger partial charge in [0.1, 0.15) is 16.5 Å². The average molecular weight is 290 g/mol. The molecule has 0 aliphatic carbocycles. The van der Waals surface area contributed by atoms with E-state index < -0.39 is 32.1 Å². The molecule has 7 heteroatoms. The van der Waals surface area contributed by atoms with Crippen LogP contribution in [0, 0.1) is 11.6 Å². The van der Waals surface area contributed by atoms with Crippen LogP contribution in [-0.2, 0) is 10.0 Å². The SMILES string of the molecule is CC1(NS(=O)(=O)c2ccc(F)cc2F)CCNCC1. The van der Waals surface area contributed by atoms with E-state index in [0.29, 0.717) is 32.0 Å². The Kier molecular flexibility index (Phi) is 3.89. The van der Waals surface area contributed by atoms with Gasteiger partial charge in [-0.25, -0.2) is 21.9 Å². The molecule has 0 saturated carbocycles. The predicted octanol–water partition coefficient (Wildman–Crippen LogP) is 1.39. The fraction of sp³-hybridized carbons (Fsp3) is 0.500. The van der Waals surface area contributed by atoms with E-state index in [1.54, 1.807) is 6.92 Å². The van der Waals surface area contributed by atoms with Gasteiger partial charge in [-0.2, -0.15) is 0 Å². The summed E-state index contributed by atoms with van der Waals surface area (Å²) < 4.78 is 53.2. The van der Waals surface area contributed by atoms with E-state index in [4.69, 9.17) is 0 Å². The molecule has 1 aliphatic rings. The number of sulfonamides is 1. The minimum Gasteiger partial charge on any atom is -0.317 e. The smallest absolute Gasteiger partial charge is 0.243 e. The lowest BCUT2D eigenvalue weighted by Crippen LogP contribution is -2.52. The molecular formula is C12H16F2N2O2S. The van der Waals surface area contributed by atoms with Crippen LogP contribution in [0.2, 0.25) is 0 Å². The van der Waals surface area contributed by atoms with E-state index in [0.717, 1.165) is 12.1 Å². The zero-order valence-corrected chi connectivity index (χ0v) is 11.4. The van der Waals surface area contributed by atoms with Gasteiger partial charge in [0.15, 0.2) is 0 Å². The summed E-state index contributed by atoms with van der Waals surface area (Å²) in [5, 5.41) is 3.13. The normalized spacial score (nSPS) is 19.3. The highest BCUT2D eigenvalue weighted by Gasteiger charge is 2.33. The Hall–Kier alpha value is -1.05. The Morgan fingerprint density at radius 2 is 1.89 bits per heavy atom. The standard InChI is InChI=1S/C12H16F2N2O2S/c1-12(4-6-15-7-5-12)16-19(17,18)11-3-2-9(13)8-10(11)14/h2-3,8,15-16H,4-7H2,1H3. The van der Waals surface area contributed by atoms with E-state index in [9.17, 15) is 17.2 Å². The molecule has 2 N–H and O–H groups in total. The van der Waals surface area contributed by atoms with Crippen molar-refractivity contribution in [2.24, 2.45) is 0 Å². The van der Waals surface area contributed by atoms with Crippen LogP contribution in [0.3, 0.4) is 0 Å². The Balaban J connectivity index is 2.27. The lowest BCUT2D eigenvalue weighted by atomic mass is 9.92. The van der Waals surface area contributed by atoms with Crippen LogP contribution >= 0.6 is 0 Å². The highest BCUT2D eigenvalue weighted by Crippen LogP contribution is 2.22. The summed E-state index contributed by atoms with van der Waals surface area (Å²) in [5.41, 5.74) is -0.606. The first-order chi connectivity index (χ1) is 8.82. The minimum absolute atomic E-state index is 0.520. The molecule has 1 aromatic rings. The van der Waals surface area contributed by atoms with Crippen molar-refractivity contribution in [3.63, 3.8) is 0 Å². The molecule has 19 heavy (non-hydrogen) atoms. The fourth-order valence-corrected chi connectivity index (χ4v) is 3.68. The maximum atomic E-state index is 13.6. The molecule has 2 rings (SSSR count). The maximum Gasteiger partial charge on any atom is 0.243 e. The largest absolute Gasteiger partial charge is 0.317 e. The Morgan fingerprint density at radius 3 is 2.47 bits per heavy atom. The molecule has 1 heterocycles. The molecule has 0 bridgehead atoms. The van der Waals surface area contributed by atoms with Crippen molar-refractivity contribution in [1.29, 1.82) is 0 Å². The summed E-state index contributed by atoms with van der Waals surface area (Å²) in [6, 6.07) is 2.44. The number of hydrogen-bond donors (Lipinski definition) is 2. The van der Waals surface area contributed by atoms with Crippen molar-refractivity contribution in [2.45, 2.75) is 30.2 Å². The molecule has 4 nitrogen and oxygen atoms in total. The van der Waals surface area contributed by atoms with Crippen LogP contribution < -0.4 is 10.0 Å². The molecule has 0 unspecified atom stereocenters. The Bertz CT molecular complexity index is 569. The first kappa shape index (κ1) is 14.4. The van der Waals surface area contributed by atoms with Crippen molar-refractivity contribution in [3.8, 4) is 0 Å². The summed E-state index contributed by atoms with van der Waals surface area (Å²) in [7, 11) is -3.99. The summed E-state index contributed by atoms with van der Waals surface area (Å²) in [5.74, 6) is -1.88. The van der Waals surface area contributed by atoms with Crippen LogP contribution in [0.15, 0.2) is 23.1 Å². The van der Waals surface area contributed by atoms with Crippen LogP contribution in [0.5, 0.6) is 0 Å². The van der Waals surface area contributed by atoms with Crippen LogP contribution in [-0.4, -0.2) is 27.0 Å². The third-order valence-corrected chi connectivity index (χ3v) is 4.94. The first-order valence-electron chi connectivity index (χ1n) is 6.02. The van der Waals surface area contributed by atoms with Crippen molar-refractivity contribution >= 4 is 10.0 Å². The molecule has 1 saturated heterocycles. The Labute approximate surface area is 111 Å². The highest BCUT2D eigenvalue weighted by atomic mass is 32.2. The van der Waals surface area contributed by atoms with Crippen molar-refractivity contribution in [1.82, 2.24) is 10.0 Å². The second-order valence-corrected chi connectivity index (χ2v) is 6.64. The summed E-state index contributed by atoms with van der Waals surface area (Å²) in [4.78, 5) is -0.520. The van der Waals surface area contributed by atoms with Gasteiger partial charge in [-0.15, -0.1) is 0 Å². The molecule has 0 aromatic heterocycles. The second-order valence-electron chi connectivity index (χ2n) is 4.99. The summed E-state index contributed by atoms with van der Waals surface area (Å²) in [6.45, 7) is 3.18. The van der Waals surface area contributed by atoms with Gasteiger partial charge in [-0.1, -0.05) is 0 Å². The van der Waals surface area contributed by atoms with E-state index in [2.05, 4.69) is 10.0 Å². The number of hydrogen-bond acceptors (Lipinski definition) is 3. The molecule has 0 spiro atoms. The quantitative estimate of drug-likeness (QED) is 0.884. The molecule has 0 amide bonds. The van der Waals surface area contributed by atoms with Gasteiger partial charge in [0, 0.05) is 11.6 Å². The number of nitrogens with one attached hydrogen (secondary N) is 2. The van der Waals surface area contributed by atoms with Crippen LogP contribution in [0.4, 0.5) is 8.78 Å². The van der Waals surface area contributed by atoms with Gasteiger partial charge in [-0.3, -0.25) is 0 Å². The fourth-order valence-electron chi connectivity index (χ4n) is 2.15. The predicted molar refractivity (Wildman–Crippen MR) is 67.2 cm³/mol. The summed E-state index contributed by atoms with van der Waals surface area (Å²) in [6.07, 6.45) is 1.24. The van der Waals surface area contributed by atoms with E-state index >= 15 is 0 Å². The number of halogens is 2. The van der Waals surface area contributed by atoms with Crippen molar-refractivity contribution < 1.29 is 17.2 Å². The minimum atomic E-state index is -3.99. The van der Waals surface area contributed by atoms with Gasteiger partial charge >= 0.3 is 0 Å². The molecule has 0 radical (unpaired) electrons. The van der Waals surface area contributed by atoms with Crippen LogP contribution in [0.1, 0.15) is 19.8 Å². The maximum absolute atomic E-state index is 13.6. The third-order valence-electron chi connectivity index (χ3n) is 3.27. The zero-order chi connectivity index (χ0) is 14.1. The Morgan fingerprint density at radius 1 is 1.26 bits per heavy atom. The zero-order valence-electron chi connectivity index (χ0n) is 10.5. The summed E-state index contributed by atoms with van der Waals surface area (Å²) >= 11 is 0. The average Bonchev–Trinajstić information content (AvgIpc) is 2.27. The van der Waals surface area contributed by atoms with Gasteiger partial charge in [-0.05, 0) is 45.0 Å². The first-order valence-corrected chi connectivity index (χ1v) is 7.50. The molecule has 1 aliphatic heterocycles. The highest BCUT2D eigenvalue weighted by molar-refractivity contribution is 7.89. The van der Waals surface area contributed by atoms with E-state index in [1.165, 1.54) is 0 Å². The van der Waals surface area contributed by atoms with Gasteiger partial charge < -0.3 is 5.32 Å². The molecule has 1 aromatic carbocycles. The van der Waals surface area contributed by atoms with Gasteiger partial charge in [0.25, 0.3) is 0 Å². The lowest BCUT2D eigenvalue weighted by molar-refractivity contribution is 0.307. The van der Waals surface area contributed by atoms with Gasteiger partial charge in [0.2, 0.25) is 10.0 Å². The number of rotatable bonds is 3. The van der Waals surface area contributed by atoms with E-state index in [1.807, 2.05) is 0 Å².